The normalized spacial score (nSPS) is 17.5. The van der Waals surface area contributed by atoms with E-state index in [0.29, 0.717) is 28.2 Å². The maximum absolute atomic E-state index is 10.4. The summed E-state index contributed by atoms with van der Waals surface area (Å²) in [4.78, 5) is 0. The second kappa shape index (κ2) is 8.43. The van der Waals surface area contributed by atoms with Gasteiger partial charge in [-0.1, -0.05) is 58.9 Å². The fourth-order valence-electron chi connectivity index (χ4n) is 6.61. The molecule has 2 heteroatoms. The lowest BCUT2D eigenvalue weighted by Crippen LogP contribution is -2.39. The molecule has 176 valence electrons. The Morgan fingerprint density at radius 2 is 1.06 bits per heavy atom. The SMILES string of the molecule is Cc1cc(C2(c3cc(C)c(O)c(C)c3)CCC(C(C)(C)CC(C)(C)C)CC2)cc(C)c1O. The zero-order valence-corrected chi connectivity index (χ0v) is 21.8. The molecule has 32 heavy (non-hydrogen) atoms. The number of aromatic hydroxyl groups is 2. The summed E-state index contributed by atoms with van der Waals surface area (Å²) in [5.41, 5.74) is 6.96. The van der Waals surface area contributed by atoms with Gasteiger partial charge in [0, 0.05) is 5.41 Å². The number of aryl methyl sites for hydroxylation is 4. The first-order chi connectivity index (χ1) is 14.7. The Balaban J connectivity index is 2.07. The number of rotatable bonds is 4. The largest absolute Gasteiger partial charge is 0.507 e. The van der Waals surface area contributed by atoms with E-state index in [-0.39, 0.29) is 5.41 Å². The van der Waals surface area contributed by atoms with E-state index in [1.165, 1.54) is 30.4 Å². The number of benzene rings is 2. The molecule has 0 heterocycles. The average Bonchev–Trinajstić information content (AvgIpc) is 2.67. The van der Waals surface area contributed by atoms with E-state index in [1.54, 1.807) is 0 Å². The molecule has 0 aromatic heterocycles. The van der Waals surface area contributed by atoms with Crippen molar-refractivity contribution < 1.29 is 10.2 Å². The summed E-state index contributed by atoms with van der Waals surface area (Å²) in [6.45, 7) is 20.0. The zero-order chi connectivity index (χ0) is 24.1. The van der Waals surface area contributed by atoms with Gasteiger partial charge in [-0.05, 0) is 110 Å². The second-order valence-corrected chi connectivity index (χ2v) is 12.5. The molecule has 0 atom stereocenters. The highest BCUT2D eigenvalue weighted by atomic mass is 16.3. The first kappa shape index (κ1) is 24.7. The third kappa shape index (κ3) is 4.70. The van der Waals surface area contributed by atoms with Crippen molar-refractivity contribution in [1.82, 2.24) is 0 Å². The van der Waals surface area contributed by atoms with Crippen LogP contribution in [-0.4, -0.2) is 10.2 Å². The fourth-order valence-corrected chi connectivity index (χ4v) is 6.61. The minimum Gasteiger partial charge on any atom is -0.507 e. The van der Waals surface area contributed by atoms with Crippen LogP contribution < -0.4 is 0 Å². The lowest BCUT2D eigenvalue weighted by molar-refractivity contribution is 0.0832. The number of hydrogen-bond acceptors (Lipinski definition) is 2. The quantitative estimate of drug-likeness (QED) is 0.506. The molecule has 1 aliphatic rings. The minimum absolute atomic E-state index is 0.0826. The van der Waals surface area contributed by atoms with Crippen molar-refractivity contribution in [3.05, 3.63) is 57.6 Å². The van der Waals surface area contributed by atoms with Crippen molar-refractivity contribution in [3.63, 3.8) is 0 Å². The molecule has 3 rings (SSSR count). The van der Waals surface area contributed by atoms with Gasteiger partial charge in [0.05, 0.1) is 0 Å². The summed E-state index contributed by atoms with van der Waals surface area (Å²) in [6.07, 6.45) is 5.81. The first-order valence-corrected chi connectivity index (χ1v) is 12.3. The van der Waals surface area contributed by atoms with Crippen LogP contribution in [0, 0.1) is 44.4 Å². The summed E-state index contributed by atoms with van der Waals surface area (Å²) in [5, 5.41) is 20.9. The van der Waals surface area contributed by atoms with Gasteiger partial charge in [-0.25, -0.2) is 0 Å². The van der Waals surface area contributed by atoms with Gasteiger partial charge in [0.25, 0.3) is 0 Å². The van der Waals surface area contributed by atoms with Gasteiger partial charge < -0.3 is 10.2 Å². The Hall–Kier alpha value is -1.96. The molecule has 1 saturated carbocycles. The summed E-state index contributed by atoms with van der Waals surface area (Å²) in [6, 6.07) is 8.78. The summed E-state index contributed by atoms with van der Waals surface area (Å²) < 4.78 is 0. The number of phenols is 2. The van der Waals surface area contributed by atoms with E-state index in [4.69, 9.17) is 0 Å². The van der Waals surface area contributed by atoms with E-state index >= 15 is 0 Å². The molecular weight excluding hydrogens is 392 g/mol. The van der Waals surface area contributed by atoms with E-state index in [0.717, 1.165) is 35.1 Å². The Labute approximate surface area is 196 Å². The van der Waals surface area contributed by atoms with Crippen molar-refractivity contribution in [2.24, 2.45) is 16.7 Å². The van der Waals surface area contributed by atoms with Gasteiger partial charge in [-0.15, -0.1) is 0 Å². The van der Waals surface area contributed by atoms with Crippen molar-refractivity contribution in [1.29, 1.82) is 0 Å². The summed E-state index contributed by atoms with van der Waals surface area (Å²) in [7, 11) is 0. The van der Waals surface area contributed by atoms with Crippen LogP contribution in [0.1, 0.15) is 100 Å². The second-order valence-electron chi connectivity index (χ2n) is 12.5. The first-order valence-electron chi connectivity index (χ1n) is 12.3. The molecule has 0 amide bonds. The Kier molecular flexibility index (Phi) is 6.50. The molecule has 2 nitrogen and oxygen atoms in total. The average molecular weight is 437 g/mol. The monoisotopic (exact) mass is 436 g/mol. The highest BCUT2D eigenvalue weighted by Gasteiger charge is 2.43. The Morgan fingerprint density at radius 3 is 1.38 bits per heavy atom. The molecule has 2 aromatic carbocycles. The third-order valence-electron chi connectivity index (χ3n) is 8.02. The van der Waals surface area contributed by atoms with Gasteiger partial charge in [-0.3, -0.25) is 0 Å². The highest BCUT2D eigenvalue weighted by Crippen LogP contribution is 2.53. The number of hydrogen-bond donors (Lipinski definition) is 2. The highest BCUT2D eigenvalue weighted by molar-refractivity contribution is 5.52. The summed E-state index contributed by atoms with van der Waals surface area (Å²) in [5.74, 6) is 1.51. The van der Waals surface area contributed by atoms with Gasteiger partial charge in [0.15, 0.2) is 0 Å². The van der Waals surface area contributed by atoms with Crippen molar-refractivity contribution >= 4 is 0 Å². The molecule has 0 spiro atoms. The molecule has 1 aliphatic carbocycles. The molecule has 2 aromatic rings. The van der Waals surface area contributed by atoms with Gasteiger partial charge in [0.2, 0.25) is 0 Å². The maximum Gasteiger partial charge on any atom is 0.121 e. The standard InChI is InChI=1S/C30H44O2/c1-19-14-24(15-20(2)26(19)31)30(25-16-21(3)27(32)22(4)17-25)12-10-23(11-13-30)29(8,9)18-28(5,6)7/h14-17,23,31-32H,10-13,18H2,1-9H3. The topological polar surface area (TPSA) is 40.5 Å². The van der Waals surface area contributed by atoms with E-state index < -0.39 is 0 Å². The van der Waals surface area contributed by atoms with Crippen molar-refractivity contribution in [2.45, 2.75) is 99.8 Å². The van der Waals surface area contributed by atoms with E-state index in [2.05, 4.69) is 58.9 Å². The van der Waals surface area contributed by atoms with E-state index in [9.17, 15) is 10.2 Å². The van der Waals surface area contributed by atoms with E-state index in [1.807, 2.05) is 27.7 Å². The molecule has 0 unspecified atom stereocenters. The van der Waals surface area contributed by atoms with Crippen LogP contribution >= 0.6 is 0 Å². The maximum atomic E-state index is 10.4. The smallest absolute Gasteiger partial charge is 0.121 e. The molecule has 0 aliphatic heterocycles. The zero-order valence-electron chi connectivity index (χ0n) is 21.8. The van der Waals surface area contributed by atoms with Gasteiger partial charge >= 0.3 is 0 Å². The molecule has 0 saturated heterocycles. The van der Waals surface area contributed by atoms with Crippen LogP contribution in [0.4, 0.5) is 0 Å². The van der Waals surface area contributed by atoms with Crippen LogP contribution in [0.15, 0.2) is 24.3 Å². The van der Waals surface area contributed by atoms with Crippen LogP contribution in [0.2, 0.25) is 0 Å². The molecule has 0 bridgehead atoms. The van der Waals surface area contributed by atoms with Crippen molar-refractivity contribution in [3.8, 4) is 11.5 Å². The molecule has 0 radical (unpaired) electrons. The predicted molar refractivity (Wildman–Crippen MR) is 136 cm³/mol. The molecule has 1 fully saturated rings. The number of phenolic OH excluding ortho intramolecular Hbond substituents is 2. The third-order valence-corrected chi connectivity index (χ3v) is 8.02. The Bertz CT molecular complexity index is 877. The minimum atomic E-state index is -0.0826. The van der Waals surface area contributed by atoms with Crippen LogP contribution in [-0.2, 0) is 5.41 Å². The van der Waals surface area contributed by atoms with Gasteiger partial charge in [-0.2, -0.15) is 0 Å². The van der Waals surface area contributed by atoms with Crippen LogP contribution in [0.25, 0.3) is 0 Å². The van der Waals surface area contributed by atoms with Crippen molar-refractivity contribution in [2.75, 3.05) is 0 Å². The Morgan fingerprint density at radius 1 is 0.719 bits per heavy atom. The predicted octanol–water partition coefficient (Wildman–Crippen LogP) is 8.27. The van der Waals surface area contributed by atoms with Crippen LogP contribution in [0.5, 0.6) is 11.5 Å². The molecule has 2 N–H and O–H groups in total. The molecular formula is C30H44O2. The van der Waals surface area contributed by atoms with Gasteiger partial charge in [0.1, 0.15) is 11.5 Å². The lowest BCUT2D eigenvalue weighted by Gasteiger charge is -2.48. The summed E-state index contributed by atoms with van der Waals surface area (Å²) >= 11 is 0. The lowest BCUT2D eigenvalue weighted by atomic mass is 9.57. The fraction of sp³-hybridized carbons (Fsp3) is 0.600. The van der Waals surface area contributed by atoms with Crippen LogP contribution in [0.3, 0.4) is 0 Å².